The largest absolute Gasteiger partial charge is 0.332 e. The number of aromatic nitrogens is 4. The van der Waals surface area contributed by atoms with Gasteiger partial charge in [-0.2, -0.15) is 10.1 Å². The number of hydrazone groups is 1. The third kappa shape index (κ3) is 3.23. The van der Waals surface area contributed by atoms with E-state index in [1.807, 2.05) is 70.4 Å². The average Bonchev–Trinajstić information content (AvgIpc) is 3.43. The molecule has 1 aliphatic rings. The monoisotopic (exact) mass is 448 g/mol. The minimum absolute atomic E-state index is 0.0575. The van der Waals surface area contributed by atoms with Crippen molar-refractivity contribution in [3.63, 3.8) is 0 Å². The van der Waals surface area contributed by atoms with Gasteiger partial charge in [0.15, 0.2) is 11.2 Å². The second kappa shape index (κ2) is 7.80. The van der Waals surface area contributed by atoms with E-state index in [9.17, 15) is 9.59 Å². The van der Waals surface area contributed by atoms with Crippen molar-refractivity contribution in [2.45, 2.75) is 19.0 Å². The van der Waals surface area contributed by atoms with Crippen molar-refractivity contribution in [1.29, 1.82) is 0 Å². The molecule has 1 atom stereocenters. The fourth-order valence-electron chi connectivity index (χ4n) is 4.09. The van der Waals surface area contributed by atoms with Gasteiger partial charge in [0.1, 0.15) is 0 Å². The Bertz CT molecular complexity index is 1450. The molecule has 1 aliphatic heterocycles. The first-order chi connectivity index (χ1) is 15.5. The lowest BCUT2D eigenvalue weighted by Crippen LogP contribution is -2.37. The summed E-state index contributed by atoms with van der Waals surface area (Å²) in [6.07, 6.45) is 2.56. The summed E-state index contributed by atoms with van der Waals surface area (Å²) in [5.74, 6) is 0.510. The molecule has 0 fully saturated rings. The summed E-state index contributed by atoms with van der Waals surface area (Å²) in [6, 6.07) is 17.4. The summed E-state index contributed by atoms with van der Waals surface area (Å²) in [5.41, 5.74) is 1.91. The van der Waals surface area contributed by atoms with Crippen LogP contribution >= 0.6 is 11.6 Å². The Hall–Kier alpha value is -3.65. The van der Waals surface area contributed by atoms with E-state index in [1.54, 1.807) is 7.05 Å². The Balaban J connectivity index is 1.74. The van der Waals surface area contributed by atoms with E-state index < -0.39 is 11.2 Å². The van der Waals surface area contributed by atoms with Gasteiger partial charge in [-0.3, -0.25) is 18.5 Å². The van der Waals surface area contributed by atoms with Gasteiger partial charge >= 0.3 is 5.69 Å². The number of hydrogen-bond donors (Lipinski definition) is 0. The number of nitrogens with zero attached hydrogens (tertiary/aromatic N) is 6. The van der Waals surface area contributed by atoms with Crippen molar-refractivity contribution in [2.24, 2.45) is 19.2 Å². The fourth-order valence-corrected chi connectivity index (χ4v) is 4.22. The third-order valence-corrected chi connectivity index (χ3v) is 6.05. The molecule has 0 saturated carbocycles. The normalized spacial score (nSPS) is 15.7. The molecule has 4 aromatic rings. The van der Waals surface area contributed by atoms with Crippen molar-refractivity contribution >= 4 is 34.9 Å². The van der Waals surface area contributed by atoms with Crippen LogP contribution in [0.25, 0.3) is 11.2 Å². The first-order valence-electron chi connectivity index (χ1n) is 10.2. The smallest absolute Gasteiger partial charge is 0.298 e. The van der Waals surface area contributed by atoms with E-state index in [0.29, 0.717) is 35.1 Å². The quantitative estimate of drug-likeness (QED) is 0.480. The molecule has 0 radical (unpaired) electrons. The molecular formula is C23H21ClN6O2. The molecule has 2 aromatic heterocycles. The van der Waals surface area contributed by atoms with Crippen molar-refractivity contribution in [3.8, 4) is 0 Å². The molecule has 3 heterocycles. The van der Waals surface area contributed by atoms with Crippen LogP contribution in [0.15, 0.2) is 69.3 Å². The van der Waals surface area contributed by atoms with Gasteiger partial charge in [0, 0.05) is 31.8 Å². The average molecular weight is 449 g/mol. The van der Waals surface area contributed by atoms with E-state index in [0.717, 1.165) is 15.7 Å². The highest BCUT2D eigenvalue weighted by Crippen LogP contribution is 2.34. The van der Waals surface area contributed by atoms with Gasteiger partial charge in [0.2, 0.25) is 5.95 Å². The molecule has 8 nitrogen and oxygen atoms in total. The molecule has 0 N–H and O–H groups in total. The van der Waals surface area contributed by atoms with E-state index >= 15 is 0 Å². The molecule has 5 rings (SSSR count). The molecule has 32 heavy (non-hydrogen) atoms. The van der Waals surface area contributed by atoms with Crippen LogP contribution in [0.3, 0.4) is 0 Å². The first-order valence-corrected chi connectivity index (χ1v) is 10.6. The number of hydrogen-bond acceptors (Lipinski definition) is 5. The molecule has 0 saturated heterocycles. The van der Waals surface area contributed by atoms with Crippen LogP contribution in [0.4, 0.5) is 5.95 Å². The van der Waals surface area contributed by atoms with E-state index in [1.165, 1.54) is 11.6 Å². The summed E-state index contributed by atoms with van der Waals surface area (Å²) in [6.45, 7) is 0.379. The van der Waals surface area contributed by atoms with Gasteiger partial charge in [-0.1, -0.05) is 54.1 Å². The molecule has 2 aromatic carbocycles. The maximum absolute atomic E-state index is 13.2. The van der Waals surface area contributed by atoms with Gasteiger partial charge in [-0.05, 0) is 23.3 Å². The van der Waals surface area contributed by atoms with Gasteiger partial charge in [0.25, 0.3) is 5.56 Å². The molecule has 162 valence electrons. The molecule has 9 heteroatoms. The second-order valence-electron chi connectivity index (χ2n) is 7.81. The Labute approximate surface area is 188 Å². The summed E-state index contributed by atoms with van der Waals surface area (Å²) in [7, 11) is 3.10. The Morgan fingerprint density at radius 1 is 1.00 bits per heavy atom. The molecule has 0 amide bonds. The SMILES string of the molecule is Cn1c(=O)c2c(nc(N3N=CCC3c3ccccc3)n2Cc2ccc(Cl)cc2)n(C)c1=O. The highest BCUT2D eigenvalue weighted by molar-refractivity contribution is 6.30. The van der Waals surface area contributed by atoms with Gasteiger partial charge < -0.3 is 0 Å². The molecule has 0 aliphatic carbocycles. The predicted octanol–water partition coefficient (Wildman–Crippen LogP) is 3.07. The number of imidazole rings is 1. The van der Waals surface area contributed by atoms with Crippen LogP contribution in [0.1, 0.15) is 23.6 Å². The standard InChI is InChI=1S/C23H21ClN6O2/c1-27-20-19(21(31)28(2)23(27)32)29(14-15-8-10-17(24)11-9-15)22(26-20)30-18(12-13-25-30)16-6-4-3-5-7-16/h3-11,13,18H,12,14H2,1-2H3. The lowest BCUT2D eigenvalue weighted by atomic mass is 10.1. The highest BCUT2D eigenvalue weighted by atomic mass is 35.5. The molecule has 0 bridgehead atoms. The van der Waals surface area contributed by atoms with Crippen molar-refractivity contribution in [3.05, 3.63) is 91.6 Å². The van der Waals surface area contributed by atoms with Gasteiger partial charge in [-0.15, -0.1) is 0 Å². The van der Waals surface area contributed by atoms with Crippen molar-refractivity contribution in [2.75, 3.05) is 5.01 Å². The minimum Gasteiger partial charge on any atom is -0.298 e. The molecule has 1 unspecified atom stereocenters. The van der Waals surface area contributed by atoms with Gasteiger partial charge in [-0.25, -0.2) is 9.80 Å². The lowest BCUT2D eigenvalue weighted by Gasteiger charge is -2.24. The Kier molecular flexibility index (Phi) is 4.94. The van der Waals surface area contributed by atoms with Crippen LogP contribution in [0.5, 0.6) is 0 Å². The summed E-state index contributed by atoms with van der Waals surface area (Å²) in [4.78, 5) is 30.4. The fraction of sp³-hybridized carbons (Fsp3) is 0.217. The number of anilines is 1. The number of benzene rings is 2. The minimum atomic E-state index is -0.422. The van der Waals surface area contributed by atoms with Crippen molar-refractivity contribution < 1.29 is 0 Å². The molecular weight excluding hydrogens is 428 g/mol. The Morgan fingerprint density at radius 3 is 2.44 bits per heavy atom. The number of fused-ring (bicyclic) bond motifs is 1. The van der Waals surface area contributed by atoms with E-state index in [2.05, 4.69) is 5.10 Å². The highest BCUT2D eigenvalue weighted by Gasteiger charge is 2.30. The predicted molar refractivity (Wildman–Crippen MR) is 126 cm³/mol. The van der Waals surface area contributed by atoms with Crippen LogP contribution in [0.2, 0.25) is 5.02 Å². The van der Waals surface area contributed by atoms with Crippen LogP contribution in [-0.2, 0) is 20.6 Å². The Morgan fingerprint density at radius 2 is 1.72 bits per heavy atom. The number of aryl methyl sites for hydroxylation is 1. The zero-order valence-electron chi connectivity index (χ0n) is 17.6. The van der Waals surface area contributed by atoms with Crippen molar-refractivity contribution in [1.82, 2.24) is 18.7 Å². The van der Waals surface area contributed by atoms with Crippen LogP contribution < -0.4 is 16.3 Å². The zero-order valence-corrected chi connectivity index (χ0v) is 18.4. The lowest BCUT2D eigenvalue weighted by molar-refractivity contribution is 0.659. The zero-order chi connectivity index (χ0) is 22.4. The number of rotatable bonds is 4. The van der Waals surface area contributed by atoms with Crippen LogP contribution in [0, 0.1) is 0 Å². The van der Waals surface area contributed by atoms with Gasteiger partial charge in [0.05, 0.1) is 12.6 Å². The second-order valence-corrected chi connectivity index (χ2v) is 8.24. The maximum Gasteiger partial charge on any atom is 0.332 e. The molecule has 0 spiro atoms. The summed E-state index contributed by atoms with van der Waals surface area (Å²) >= 11 is 6.06. The van der Waals surface area contributed by atoms with Crippen LogP contribution in [-0.4, -0.2) is 24.9 Å². The first kappa shape index (κ1) is 20.3. The third-order valence-electron chi connectivity index (χ3n) is 5.80. The van der Waals surface area contributed by atoms with E-state index in [-0.39, 0.29) is 6.04 Å². The van der Waals surface area contributed by atoms with E-state index in [4.69, 9.17) is 16.6 Å². The summed E-state index contributed by atoms with van der Waals surface area (Å²) in [5, 5.41) is 7.05. The maximum atomic E-state index is 13.2. The summed E-state index contributed by atoms with van der Waals surface area (Å²) < 4.78 is 4.34. The number of halogens is 1. The topological polar surface area (TPSA) is 77.4 Å².